The summed E-state index contributed by atoms with van der Waals surface area (Å²) in [6.07, 6.45) is 2.61. The zero-order chi connectivity index (χ0) is 22.3. The van der Waals surface area contributed by atoms with Gasteiger partial charge in [-0.25, -0.2) is 9.97 Å². The number of nitrogens with zero attached hydrogens (tertiary/aromatic N) is 3. The highest BCUT2D eigenvalue weighted by Crippen LogP contribution is 2.45. The van der Waals surface area contributed by atoms with Gasteiger partial charge in [-0.15, -0.1) is 0 Å². The summed E-state index contributed by atoms with van der Waals surface area (Å²) in [6.45, 7) is 1.45. The van der Waals surface area contributed by atoms with Crippen molar-refractivity contribution in [3.63, 3.8) is 0 Å². The largest absolute Gasteiger partial charge is 0.493 e. The molecule has 2 aromatic carbocycles. The first-order valence-electron chi connectivity index (χ1n) is 10.4. The molecule has 0 spiro atoms. The van der Waals surface area contributed by atoms with Gasteiger partial charge >= 0.3 is 0 Å². The van der Waals surface area contributed by atoms with E-state index in [1.807, 2.05) is 24.3 Å². The first kappa shape index (κ1) is 20.4. The molecule has 0 amide bonds. The Morgan fingerprint density at radius 3 is 2.41 bits per heavy atom. The van der Waals surface area contributed by atoms with Gasteiger partial charge in [0, 0.05) is 13.1 Å². The van der Waals surface area contributed by atoms with Gasteiger partial charge < -0.3 is 33.7 Å². The van der Waals surface area contributed by atoms with Gasteiger partial charge in [0.25, 0.3) is 0 Å². The monoisotopic (exact) mass is 439 g/mol. The fraction of sp³-hybridized carbons (Fsp3) is 0.391. The van der Waals surface area contributed by atoms with Crippen LogP contribution in [0, 0.1) is 0 Å². The SMILES string of the molecule is COc1cc2c(N3CCC(O)(c4ccc5c(c4)OCO5)CC3)ncnc2c(OC)c1OC. The standard InChI is InChI=1S/C23H25N3O6/c1-28-18-11-15-19(21(30-3)20(18)29-2)24-12-25-22(15)26-8-6-23(27,7-9-26)14-4-5-16-17(10-14)32-13-31-16/h4-5,10-12,27H,6-9,13H2,1-3H3. The highest BCUT2D eigenvalue weighted by atomic mass is 16.7. The lowest BCUT2D eigenvalue weighted by Crippen LogP contribution is -2.43. The summed E-state index contributed by atoms with van der Waals surface area (Å²) in [6, 6.07) is 7.50. The summed E-state index contributed by atoms with van der Waals surface area (Å²) >= 11 is 0. The van der Waals surface area contributed by atoms with Crippen LogP contribution in [-0.4, -0.2) is 56.3 Å². The Hall–Kier alpha value is -3.46. The number of anilines is 1. The smallest absolute Gasteiger partial charge is 0.231 e. The second-order valence-corrected chi connectivity index (χ2v) is 7.83. The molecule has 0 atom stereocenters. The second kappa shape index (κ2) is 7.90. The predicted molar refractivity (Wildman–Crippen MR) is 117 cm³/mol. The van der Waals surface area contributed by atoms with E-state index in [1.165, 1.54) is 6.33 Å². The average Bonchev–Trinajstić information content (AvgIpc) is 3.31. The molecule has 1 N–H and O–H groups in total. The summed E-state index contributed by atoms with van der Waals surface area (Å²) in [4.78, 5) is 11.1. The third-order valence-corrected chi connectivity index (χ3v) is 6.21. The summed E-state index contributed by atoms with van der Waals surface area (Å²) in [5, 5.41) is 12.2. The van der Waals surface area contributed by atoms with Crippen molar-refractivity contribution in [2.24, 2.45) is 0 Å². The number of fused-ring (bicyclic) bond motifs is 2. The number of ether oxygens (including phenoxy) is 5. The van der Waals surface area contributed by atoms with Crippen LogP contribution in [0.15, 0.2) is 30.6 Å². The molecule has 2 aliphatic rings. The number of hydrogen-bond donors (Lipinski definition) is 1. The van der Waals surface area contributed by atoms with E-state index in [2.05, 4.69) is 14.9 Å². The third kappa shape index (κ3) is 3.20. The Morgan fingerprint density at radius 1 is 0.938 bits per heavy atom. The highest BCUT2D eigenvalue weighted by molar-refractivity contribution is 5.97. The molecule has 0 aliphatic carbocycles. The molecule has 1 saturated heterocycles. The van der Waals surface area contributed by atoms with Crippen LogP contribution in [0.2, 0.25) is 0 Å². The Balaban J connectivity index is 1.46. The van der Waals surface area contributed by atoms with Crippen molar-refractivity contribution in [1.29, 1.82) is 0 Å². The van der Waals surface area contributed by atoms with Gasteiger partial charge in [-0.3, -0.25) is 0 Å². The fourth-order valence-electron chi connectivity index (χ4n) is 4.47. The van der Waals surface area contributed by atoms with Gasteiger partial charge in [0.05, 0.1) is 32.3 Å². The van der Waals surface area contributed by atoms with Gasteiger partial charge in [0.2, 0.25) is 12.5 Å². The Kier molecular flexibility index (Phi) is 5.05. The third-order valence-electron chi connectivity index (χ3n) is 6.21. The van der Waals surface area contributed by atoms with Gasteiger partial charge in [0.15, 0.2) is 23.0 Å². The van der Waals surface area contributed by atoms with Crippen LogP contribution in [0.4, 0.5) is 5.82 Å². The molecule has 1 aromatic heterocycles. The number of piperidine rings is 1. The maximum Gasteiger partial charge on any atom is 0.231 e. The molecule has 0 radical (unpaired) electrons. The van der Waals surface area contributed by atoms with E-state index < -0.39 is 5.60 Å². The van der Waals surface area contributed by atoms with Crippen molar-refractivity contribution in [2.75, 3.05) is 46.1 Å². The van der Waals surface area contributed by atoms with Crippen molar-refractivity contribution in [2.45, 2.75) is 18.4 Å². The molecule has 0 saturated carbocycles. The van der Waals surface area contributed by atoms with Crippen molar-refractivity contribution >= 4 is 16.7 Å². The average molecular weight is 439 g/mol. The van der Waals surface area contributed by atoms with Gasteiger partial charge in [0.1, 0.15) is 17.7 Å². The summed E-state index contributed by atoms with van der Waals surface area (Å²) in [5.74, 6) is 3.68. The van der Waals surface area contributed by atoms with Gasteiger partial charge in [-0.05, 0) is 36.6 Å². The Bertz CT molecular complexity index is 1160. The van der Waals surface area contributed by atoms with Gasteiger partial charge in [-0.1, -0.05) is 6.07 Å². The van der Waals surface area contributed by atoms with Crippen molar-refractivity contribution in [1.82, 2.24) is 9.97 Å². The molecule has 2 aliphatic heterocycles. The van der Waals surface area contributed by atoms with E-state index in [9.17, 15) is 5.11 Å². The quantitative estimate of drug-likeness (QED) is 0.644. The summed E-state index contributed by atoms with van der Waals surface area (Å²) in [7, 11) is 4.72. The Labute approximate surface area is 185 Å². The number of methoxy groups -OCH3 is 3. The molecule has 3 heterocycles. The second-order valence-electron chi connectivity index (χ2n) is 7.83. The molecule has 3 aromatic rings. The lowest BCUT2D eigenvalue weighted by Gasteiger charge is -2.39. The van der Waals surface area contributed by atoms with Crippen LogP contribution >= 0.6 is 0 Å². The van der Waals surface area contributed by atoms with Gasteiger partial charge in [-0.2, -0.15) is 0 Å². The first-order valence-corrected chi connectivity index (χ1v) is 10.4. The lowest BCUT2D eigenvalue weighted by atomic mass is 9.84. The minimum absolute atomic E-state index is 0.212. The van der Waals surface area contributed by atoms with Crippen LogP contribution < -0.4 is 28.6 Å². The minimum Gasteiger partial charge on any atom is -0.493 e. The zero-order valence-electron chi connectivity index (χ0n) is 18.3. The van der Waals surface area contributed by atoms with Crippen LogP contribution in [0.5, 0.6) is 28.7 Å². The normalized spacial score (nSPS) is 16.8. The van der Waals surface area contributed by atoms with Crippen molar-refractivity contribution in [3.8, 4) is 28.7 Å². The molecule has 32 heavy (non-hydrogen) atoms. The van der Waals surface area contributed by atoms with Crippen LogP contribution in [0.3, 0.4) is 0 Å². The zero-order valence-corrected chi connectivity index (χ0v) is 18.3. The van der Waals surface area contributed by atoms with E-state index in [4.69, 9.17) is 23.7 Å². The molecule has 0 unspecified atom stereocenters. The number of benzene rings is 2. The molecule has 0 bridgehead atoms. The van der Waals surface area contributed by atoms with Crippen molar-refractivity contribution < 1.29 is 28.8 Å². The molecule has 9 heteroatoms. The van der Waals surface area contributed by atoms with Crippen molar-refractivity contribution in [3.05, 3.63) is 36.2 Å². The van der Waals surface area contributed by atoms with E-state index in [1.54, 1.807) is 21.3 Å². The maximum atomic E-state index is 11.4. The number of aromatic nitrogens is 2. The topological polar surface area (TPSA) is 95.4 Å². The Morgan fingerprint density at radius 2 is 1.69 bits per heavy atom. The molecular weight excluding hydrogens is 414 g/mol. The highest BCUT2D eigenvalue weighted by Gasteiger charge is 2.36. The summed E-state index contributed by atoms with van der Waals surface area (Å²) in [5.41, 5.74) is 0.535. The molecule has 1 fully saturated rings. The number of hydrogen-bond acceptors (Lipinski definition) is 9. The lowest BCUT2D eigenvalue weighted by molar-refractivity contribution is 0.0115. The first-order chi connectivity index (χ1) is 15.6. The van der Waals surface area contributed by atoms with E-state index >= 15 is 0 Å². The van der Waals surface area contributed by atoms with Crippen LogP contribution in [0.1, 0.15) is 18.4 Å². The molecule has 5 rings (SSSR count). The molecule has 168 valence electrons. The molecular formula is C23H25N3O6. The molecule has 9 nitrogen and oxygen atoms in total. The van der Waals surface area contributed by atoms with Crippen LogP contribution in [-0.2, 0) is 5.60 Å². The van der Waals surface area contributed by atoms with Crippen LogP contribution in [0.25, 0.3) is 10.9 Å². The summed E-state index contributed by atoms with van der Waals surface area (Å²) < 4.78 is 27.5. The maximum absolute atomic E-state index is 11.4. The predicted octanol–water partition coefficient (Wildman–Crippen LogP) is 2.87. The fourth-order valence-corrected chi connectivity index (χ4v) is 4.47. The minimum atomic E-state index is -0.946. The number of rotatable bonds is 5. The van der Waals surface area contributed by atoms with E-state index in [0.29, 0.717) is 60.2 Å². The number of aliphatic hydroxyl groups is 1. The van der Waals surface area contributed by atoms with E-state index in [-0.39, 0.29) is 6.79 Å². The van der Waals surface area contributed by atoms with E-state index in [0.717, 1.165) is 16.8 Å².